The molecule has 0 radical (unpaired) electrons. The molecule has 1 saturated heterocycles. The molecule has 0 atom stereocenters. The minimum Gasteiger partial charge on any atom is -0.370 e. The summed E-state index contributed by atoms with van der Waals surface area (Å²) in [6.45, 7) is 11.5. The van der Waals surface area contributed by atoms with Crippen molar-refractivity contribution in [1.29, 1.82) is 0 Å². The molecule has 2 aromatic rings. The number of rotatable bonds is 5. The maximum Gasteiger partial charge on any atom is 0.134 e. The second-order valence-electron chi connectivity index (χ2n) is 6.85. The van der Waals surface area contributed by atoms with E-state index in [1.54, 1.807) is 6.33 Å². The van der Waals surface area contributed by atoms with Crippen LogP contribution in [0.15, 0.2) is 36.7 Å². The molecule has 24 heavy (non-hydrogen) atoms. The summed E-state index contributed by atoms with van der Waals surface area (Å²) in [5.41, 5.74) is 2.63. The Balaban J connectivity index is 1.61. The lowest BCUT2D eigenvalue weighted by Crippen LogP contribution is -2.46. The Morgan fingerprint density at radius 3 is 2.50 bits per heavy atom. The molecule has 128 valence electrons. The first-order chi connectivity index (χ1) is 11.6. The summed E-state index contributed by atoms with van der Waals surface area (Å²) in [5.74, 6) is 2.52. The molecule has 0 bridgehead atoms. The number of aromatic nitrogens is 2. The summed E-state index contributed by atoms with van der Waals surface area (Å²) in [5, 5.41) is 3.38. The standard InChI is InChI=1S/C19H27N5/c1-15(2)13-20-18-12-19(22-14-21-18)24-9-7-23(8-10-24)17-6-4-5-16(3)11-17/h4-6,11-12,14-15H,7-10,13H2,1-3H3,(H,20,21,22). The maximum atomic E-state index is 4.46. The average Bonchev–Trinajstić information content (AvgIpc) is 2.60. The highest BCUT2D eigenvalue weighted by Crippen LogP contribution is 2.21. The van der Waals surface area contributed by atoms with E-state index < -0.39 is 0 Å². The molecule has 1 N–H and O–H groups in total. The van der Waals surface area contributed by atoms with Crippen molar-refractivity contribution in [2.45, 2.75) is 20.8 Å². The Hall–Kier alpha value is -2.30. The van der Waals surface area contributed by atoms with Crippen molar-refractivity contribution < 1.29 is 0 Å². The second-order valence-corrected chi connectivity index (χ2v) is 6.85. The van der Waals surface area contributed by atoms with Crippen LogP contribution in [0.2, 0.25) is 0 Å². The van der Waals surface area contributed by atoms with E-state index in [-0.39, 0.29) is 0 Å². The van der Waals surface area contributed by atoms with Crippen LogP contribution in [0, 0.1) is 12.8 Å². The lowest BCUT2D eigenvalue weighted by molar-refractivity contribution is 0.646. The van der Waals surface area contributed by atoms with Gasteiger partial charge in [0.25, 0.3) is 0 Å². The van der Waals surface area contributed by atoms with E-state index in [0.29, 0.717) is 5.92 Å². The van der Waals surface area contributed by atoms with Crippen molar-refractivity contribution in [3.63, 3.8) is 0 Å². The molecule has 1 fully saturated rings. The highest BCUT2D eigenvalue weighted by molar-refractivity contribution is 5.53. The number of hydrogen-bond donors (Lipinski definition) is 1. The Kier molecular flexibility index (Phi) is 5.18. The van der Waals surface area contributed by atoms with Crippen molar-refractivity contribution in [2.24, 2.45) is 5.92 Å². The molecule has 0 aliphatic carbocycles. The zero-order chi connectivity index (χ0) is 16.9. The monoisotopic (exact) mass is 325 g/mol. The zero-order valence-corrected chi connectivity index (χ0v) is 14.9. The predicted molar refractivity (Wildman–Crippen MR) is 101 cm³/mol. The average molecular weight is 325 g/mol. The van der Waals surface area contributed by atoms with Crippen molar-refractivity contribution in [3.05, 3.63) is 42.2 Å². The molecule has 0 saturated carbocycles. The van der Waals surface area contributed by atoms with Crippen LogP contribution in [0.1, 0.15) is 19.4 Å². The van der Waals surface area contributed by atoms with Gasteiger partial charge in [-0.15, -0.1) is 0 Å². The van der Waals surface area contributed by atoms with Gasteiger partial charge in [-0.25, -0.2) is 9.97 Å². The van der Waals surface area contributed by atoms with Crippen molar-refractivity contribution in [1.82, 2.24) is 9.97 Å². The first-order valence-electron chi connectivity index (χ1n) is 8.74. The normalized spacial score (nSPS) is 15.0. The molecular formula is C19H27N5. The van der Waals surface area contributed by atoms with Gasteiger partial charge in [-0.2, -0.15) is 0 Å². The number of nitrogens with zero attached hydrogens (tertiary/aromatic N) is 4. The van der Waals surface area contributed by atoms with Crippen molar-refractivity contribution in [3.8, 4) is 0 Å². The van der Waals surface area contributed by atoms with E-state index in [0.717, 1.165) is 44.4 Å². The Labute approximate surface area is 144 Å². The van der Waals surface area contributed by atoms with Gasteiger partial charge >= 0.3 is 0 Å². The van der Waals surface area contributed by atoms with E-state index in [1.807, 2.05) is 0 Å². The largest absolute Gasteiger partial charge is 0.370 e. The van der Waals surface area contributed by atoms with E-state index in [2.05, 4.69) is 76.2 Å². The van der Waals surface area contributed by atoms with Crippen LogP contribution >= 0.6 is 0 Å². The van der Waals surface area contributed by atoms with Crippen LogP contribution in [-0.2, 0) is 0 Å². The number of benzene rings is 1. The Bertz CT molecular complexity index is 662. The van der Waals surface area contributed by atoms with Gasteiger partial charge in [-0.3, -0.25) is 0 Å². The molecule has 0 unspecified atom stereocenters. The molecule has 1 aliphatic heterocycles. The minimum atomic E-state index is 0.598. The number of aryl methyl sites for hydroxylation is 1. The highest BCUT2D eigenvalue weighted by Gasteiger charge is 2.18. The van der Waals surface area contributed by atoms with Gasteiger partial charge < -0.3 is 15.1 Å². The fourth-order valence-electron chi connectivity index (χ4n) is 2.94. The molecule has 3 rings (SSSR count). The summed E-state index contributed by atoms with van der Waals surface area (Å²) in [7, 11) is 0. The molecule has 5 heteroatoms. The number of nitrogens with one attached hydrogen (secondary N) is 1. The molecule has 1 aromatic heterocycles. The maximum absolute atomic E-state index is 4.46. The van der Waals surface area contributed by atoms with Crippen LogP contribution in [0.25, 0.3) is 0 Å². The highest BCUT2D eigenvalue weighted by atomic mass is 15.3. The fourth-order valence-corrected chi connectivity index (χ4v) is 2.94. The summed E-state index contributed by atoms with van der Waals surface area (Å²) in [4.78, 5) is 13.6. The molecule has 5 nitrogen and oxygen atoms in total. The van der Waals surface area contributed by atoms with Crippen LogP contribution < -0.4 is 15.1 Å². The zero-order valence-electron chi connectivity index (χ0n) is 14.9. The van der Waals surface area contributed by atoms with Gasteiger partial charge in [0.2, 0.25) is 0 Å². The quantitative estimate of drug-likeness (QED) is 0.915. The summed E-state index contributed by atoms with van der Waals surface area (Å²) in [6, 6.07) is 10.8. The first kappa shape index (κ1) is 16.6. The van der Waals surface area contributed by atoms with Gasteiger partial charge in [0.15, 0.2) is 0 Å². The summed E-state index contributed by atoms with van der Waals surface area (Å²) in [6.07, 6.45) is 1.66. The lowest BCUT2D eigenvalue weighted by Gasteiger charge is -2.36. The minimum absolute atomic E-state index is 0.598. The van der Waals surface area contributed by atoms with Crippen LogP contribution in [0.4, 0.5) is 17.3 Å². The lowest BCUT2D eigenvalue weighted by atomic mass is 10.2. The van der Waals surface area contributed by atoms with Gasteiger partial charge in [-0.1, -0.05) is 26.0 Å². The Morgan fingerprint density at radius 2 is 1.79 bits per heavy atom. The second kappa shape index (κ2) is 7.51. The van der Waals surface area contributed by atoms with E-state index >= 15 is 0 Å². The summed E-state index contributed by atoms with van der Waals surface area (Å²) < 4.78 is 0. The van der Waals surface area contributed by atoms with E-state index in [1.165, 1.54) is 11.3 Å². The summed E-state index contributed by atoms with van der Waals surface area (Å²) >= 11 is 0. The first-order valence-corrected chi connectivity index (χ1v) is 8.74. The van der Waals surface area contributed by atoms with Crippen LogP contribution in [0.5, 0.6) is 0 Å². The Morgan fingerprint density at radius 1 is 1.04 bits per heavy atom. The molecule has 0 spiro atoms. The van der Waals surface area contributed by atoms with Gasteiger partial charge in [0.05, 0.1) is 0 Å². The SMILES string of the molecule is Cc1cccc(N2CCN(c3cc(NCC(C)C)ncn3)CC2)c1. The van der Waals surface area contributed by atoms with Crippen molar-refractivity contribution >= 4 is 17.3 Å². The number of piperazine rings is 1. The fraction of sp³-hybridized carbons (Fsp3) is 0.474. The predicted octanol–water partition coefficient (Wildman–Crippen LogP) is 3.18. The van der Waals surface area contributed by atoms with E-state index in [9.17, 15) is 0 Å². The van der Waals surface area contributed by atoms with Gasteiger partial charge in [0.1, 0.15) is 18.0 Å². The molecule has 1 aromatic carbocycles. The number of anilines is 3. The third-order valence-corrected chi connectivity index (χ3v) is 4.31. The molecular weight excluding hydrogens is 298 g/mol. The van der Waals surface area contributed by atoms with E-state index in [4.69, 9.17) is 0 Å². The van der Waals surface area contributed by atoms with Crippen LogP contribution in [0.3, 0.4) is 0 Å². The van der Waals surface area contributed by atoms with Crippen LogP contribution in [-0.4, -0.2) is 42.7 Å². The van der Waals surface area contributed by atoms with Gasteiger partial charge in [0, 0.05) is 44.5 Å². The third kappa shape index (κ3) is 4.16. The molecule has 1 aliphatic rings. The molecule has 0 amide bonds. The smallest absolute Gasteiger partial charge is 0.134 e. The van der Waals surface area contributed by atoms with Gasteiger partial charge in [-0.05, 0) is 30.5 Å². The molecule has 2 heterocycles. The van der Waals surface area contributed by atoms with Crippen molar-refractivity contribution in [2.75, 3.05) is 47.8 Å². The topological polar surface area (TPSA) is 44.3 Å². The number of hydrogen-bond acceptors (Lipinski definition) is 5. The third-order valence-electron chi connectivity index (χ3n) is 4.31.